The lowest BCUT2D eigenvalue weighted by atomic mass is 9.74. The third-order valence-corrected chi connectivity index (χ3v) is 7.18. The molecule has 0 spiro atoms. The van der Waals surface area contributed by atoms with Crippen molar-refractivity contribution in [1.82, 2.24) is 9.21 Å². The maximum Gasteiger partial charge on any atom is 0.311 e. The molecule has 2 fully saturated rings. The average molecular weight is 386 g/mol. The van der Waals surface area contributed by atoms with Crippen LogP contribution in [0.1, 0.15) is 22.7 Å². The molecule has 0 saturated carbocycles. The standard InChI is InChI=1S/C16H22N2O7S/c1-10-13(26(22,23)17(2)3)6-12(25-10)14(19)18-7-11-8-24-5-4-16(11,9-18)15(20)21/h6,11H,4-5,7-9H2,1-3H3,(H,20,21)/t11-,16+/m0/s1. The molecule has 1 N–H and O–H groups in total. The number of ether oxygens (including phenoxy) is 1. The lowest BCUT2D eigenvalue weighted by Gasteiger charge is -2.33. The fourth-order valence-electron chi connectivity index (χ4n) is 3.63. The van der Waals surface area contributed by atoms with E-state index in [4.69, 9.17) is 9.15 Å². The quantitative estimate of drug-likeness (QED) is 0.796. The third kappa shape index (κ3) is 2.81. The molecule has 1 amide bonds. The number of aryl methyl sites for hydroxylation is 1. The molecule has 0 bridgehead atoms. The van der Waals surface area contributed by atoms with Gasteiger partial charge in [-0.2, -0.15) is 0 Å². The maximum atomic E-state index is 12.8. The summed E-state index contributed by atoms with van der Waals surface area (Å²) in [6.45, 7) is 2.40. The minimum absolute atomic E-state index is 0.0602. The van der Waals surface area contributed by atoms with Crippen LogP contribution in [0.25, 0.3) is 0 Å². The number of furan rings is 1. The van der Waals surface area contributed by atoms with Crippen molar-refractivity contribution in [2.45, 2.75) is 18.2 Å². The molecule has 0 unspecified atom stereocenters. The lowest BCUT2D eigenvalue weighted by Crippen LogP contribution is -2.45. The summed E-state index contributed by atoms with van der Waals surface area (Å²) in [5.74, 6) is -1.73. The summed E-state index contributed by atoms with van der Waals surface area (Å²) >= 11 is 0. The van der Waals surface area contributed by atoms with Crippen molar-refractivity contribution in [3.05, 3.63) is 17.6 Å². The molecule has 2 aliphatic heterocycles. The Kier molecular flexibility index (Phi) is 4.62. The van der Waals surface area contributed by atoms with Gasteiger partial charge in [-0.1, -0.05) is 0 Å². The summed E-state index contributed by atoms with van der Waals surface area (Å²) in [6, 6.07) is 1.21. The molecule has 2 aliphatic rings. The van der Waals surface area contributed by atoms with E-state index in [1.54, 1.807) is 0 Å². The predicted octanol–water partition coefficient (Wildman–Crippen LogP) is 0.402. The van der Waals surface area contributed by atoms with Crippen molar-refractivity contribution < 1.29 is 32.3 Å². The fourth-order valence-corrected chi connectivity index (χ4v) is 4.69. The number of carbonyl (C=O) groups is 2. The van der Waals surface area contributed by atoms with Gasteiger partial charge in [0.2, 0.25) is 10.0 Å². The Morgan fingerprint density at radius 2 is 2.08 bits per heavy atom. The number of carbonyl (C=O) groups excluding carboxylic acids is 1. The normalized spacial score (nSPS) is 26.2. The number of hydrogen-bond donors (Lipinski definition) is 1. The predicted molar refractivity (Wildman–Crippen MR) is 89.2 cm³/mol. The van der Waals surface area contributed by atoms with Crippen LogP contribution in [-0.4, -0.2) is 75.0 Å². The van der Waals surface area contributed by atoms with Gasteiger partial charge in [-0.3, -0.25) is 9.59 Å². The molecule has 3 rings (SSSR count). The van der Waals surface area contributed by atoms with Crippen molar-refractivity contribution in [3.63, 3.8) is 0 Å². The minimum Gasteiger partial charge on any atom is -0.481 e. The Labute approximate surface area is 151 Å². The van der Waals surface area contributed by atoms with Gasteiger partial charge in [0.1, 0.15) is 10.7 Å². The number of aliphatic carboxylic acids is 1. The Morgan fingerprint density at radius 3 is 2.65 bits per heavy atom. The number of fused-ring (bicyclic) bond motifs is 1. The zero-order valence-corrected chi connectivity index (χ0v) is 15.7. The van der Waals surface area contributed by atoms with Crippen LogP contribution in [0.4, 0.5) is 0 Å². The first-order chi connectivity index (χ1) is 12.1. The minimum atomic E-state index is -3.74. The molecule has 0 radical (unpaired) electrons. The van der Waals surface area contributed by atoms with E-state index in [-0.39, 0.29) is 42.0 Å². The van der Waals surface area contributed by atoms with Crippen LogP contribution in [0.3, 0.4) is 0 Å². The highest BCUT2D eigenvalue weighted by molar-refractivity contribution is 7.89. The second-order valence-corrected chi connectivity index (χ2v) is 9.11. The SMILES string of the molecule is Cc1oc(C(=O)N2C[C@H]3COCC[C@@]3(C(=O)O)C2)cc1S(=O)(=O)N(C)C. The molecule has 1 aromatic heterocycles. The summed E-state index contributed by atoms with van der Waals surface area (Å²) in [4.78, 5) is 26.0. The molecular formula is C16H22N2O7S. The molecule has 10 heteroatoms. The smallest absolute Gasteiger partial charge is 0.311 e. The molecule has 1 aromatic rings. The number of likely N-dealkylation sites (tertiary alicyclic amines) is 1. The Bertz CT molecular complexity index is 845. The molecule has 2 saturated heterocycles. The first-order valence-electron chi connectivity index (χ1n) is 8.23. The van der Waals surface area contributed by atoms with Crippen LogP contribution in [0, 0.1) is 18.3 Å². The molecule has 26 heavy (non-hydrogen) atoms. The van der Waals surface area contributed by atoms with Crippen LogP contribution in [-0.2, 0) is 19.6 Å². The first kappa shape index (κ1) is 18.9. The lowest BCUT2D eigenvalue weighted by molar-refractivity contribution is -0.157. The van der Waals surface area contributed by atoms with Gasteiger partial charge in [0.15, 0.2) is 5.76 Å². The molecule has 0 aromatic carbocycles. The summed E-state index contributed by atoms with van der Waals surface area (Å²) in [7, 11) is -0.948. The van der Waals surface area contributed by atoms with Crippen molar-refractivity contribution in [2.75, 3.05) is 40.4 Å². The van der Waals surface area contributed by atoms with Gasteiger partial charge < -0.3 is 19.2 Å². The van der Waals surface area contributed by atoms with Crippen molar-refractivity contribution >= 4 is 21.9 Å². The zero-order chi connectivity index (χ0) is 19.3. The highest BCUT2D eigenvalue weighted by Gasteiger charge is 2.55. The van der Waals surface area contributed by atoms with Crippen LogP contribution in [0.15, 0.2) is 15.4 Å². The van der Waals surface area contributed by atoms with E-state index in [9.17, 15) is 23.1 Å². The van der Waals surface area contributed by atoms with Gasteiger partial charge in [0.05, 0.1) is 12.0 Å². The third-order valence-electron chi connectivity index (χ3n) is 5.26. The average Bonchev–Trinajstić information content (AvgIpc) is 3.15. The molecule has 3 heterocycles. The number of carboxylic acid groups (broad SMARTS) is 1. The van der Waals surface area contributed by atoms with Crippen molar-refractivity contribution in [1.29, 1.82) is 0 Å². The van der Waals surface area contributed by atoms with E-state index < -0.39 is 27.3 Å². The topological polar surface area (TPSA) is 117 Å². The largest absolute Gasteiger partial charge is 0.481 e. The first-order valence-corrected chi connectivity index (χ1v) is 9.67. The molecule has 9 nitrogen and oxygen atoms in total. The number of nitrogens with zero attached hydrogens (tertiary/aromatic N) is 2. The van der Waals surface area contributed by atoms with Gasteiger partial charge in [0.25, 0.3) is 5.91 Å². The number of carboxylic acids is 1. The molecular weight excluding hydrogens is 364 g/mol. The van der Waals surface area contributed by atoms with Gasteiger partial charge in [0, 0.05) is 45.8 Å². The van der Waals surface area contributed by atoms with Gasteiger partial charge >= 0.3 is 5.97 Å². The summed E-state index contributed by atoms with van der Waals surface area (Å²) in [6.07, 6.45) is 0.341. The number of sulfonamides is 1. The van der Waals surface area contributed by atoms with Gasteiger partial charge in [-0.25, -0.2) is 12.7 Å². The second-order valence-electron chi connectivity index (χ2n) is 6.99. The van der Waals surface area contributed by atoms with E-state index in [0.29, 0.717) is 13.0 Å². The number of rotatable bonds is 4. The van der Waals surface area contributed by atoms with E-state index in [1.807, 2.05) is 0 Å². The Balaban J connectivity index is 1.89. The second kappa shape index (κ2) is 6.36. The van der Waals surface area contributed by atoms with E-state index in [0.717, 1.165) is 4.31 Å². The number of amides is 1. The van der Waals surface area contributed by atoms with Crippen LogP contribution in [0.5, 0.6) is 0 Å². The van der Waals surface area contributed by atoms with Crippen molar-refractivity contribution in [3.8, 4) is 0 Å². The fraction of sp³-hybridized carbons (Fsp3) is 0.625. The molecule has 0 aliphatic carbocycles. The molecule has 2 atom stereocenters. The van der Waals surface area contributed by atoms with E-state index >= 15 is 0 Å². The summed E-state index contributed by atoms with van der Waals surface area (Å²) in [5.41, 5.74) is -1.02. The van der Waals surface area contributed by atoms with Gasteiger partial charge in [-0.15, -0.1) is 0 Å². The Hall–Kier alpha value is -1.91. The van der Waals surface area contributed by atoms with Gasteiger partial charge in [-0.05, 0) is 13.3 Å². The van der Waals surface area contributed by atoms with Crippen molar-refractivity contribution in [2.24, 2.45) is 11.3 Å². The Morgan fingerprint density at radius 1 is 1.38 bits per heavy atom. The maximum absolute atomic E-state index is 12.8. The summed E-state index contributed by atoms with van der Waals surface area (Å²) in [5, 5.41) is 9.68. The zero-order valence-electron chi connectivity index (χ0n) is 14.9. The van der Waals surface area contributed by atoms with Crippen LogP contribution < -0.4 is 0 Å². The van der Waals surface area contributed by atoms with E-state index in [2.05, 4.69) is 0 Å². The van der Waals surface area contributed by atoms with E-state index in [1.165, 1.54) is 32.0 Å². The summed E-state index contributed by atoms with van der Waals surface area (Å²) < 4.78 is 36.4. The highest BCUT2D eigenvalue weighted by Crippen LogP contribution is 2.43. The van der Waals surface area contributed by atoms with Crippen LogP contribution >= 0.6 is 0 Å². The van der Waals surface area contributed by atoms with Crippen LogP contribution in [0.2, 0.25) is 0 Å². The highest BCUT2D eigenvalue weighted by atomic mass is 32.2. The monoisotopic (exact) mass is 386 g/mol. The molecule has 144 valence electrons. The number of hydrogen-bond acceptors (Lipinski definition) is 6.